The first-order chi connectivity index (χ1) is 20.1. The van der Waals surface area contributed by atoms with E-state index in [4.69, 9.17) is 14.9 Å². The lowest BCUT2D eigenvalue weighted by atomic mass is 9.84. The van der Waals surface area contributed by atoms with Crippen molar-refractivity contribution in [3.05, 3.63) is 65.2 Å². The molecule has 5 rings (SSSR count). The average molecular weight is 573 g/mol. The number of rotatable bonds is 13. The predicted octanol–water partition coefficient (Wildman–Crippen LogP) is 8.17. The Morgan fingerprint density at radius 3 is 2.51 bits per heavy atom. The lowest BCUT2D eigenvalue weighted by Gasteiger charge is -2.22. The highest BCUT2D eigenvalue weighted by Gasteiger charge is 2.35. The summed E-state index contributed by atoms with van der Waals surface area (Å²) in [6.45, 7) is 3.03. The van der Waals surface area contributed by atoms with Gasteiger partial charge in [-0.15, -0.1) is 0 Å². The molecule has 0 radical (unpaired) electrons. The Balaban J connectivity index is 1.12. The van der Waals surface area contributed by atoms with Crippen molar-refractivity contribution in [2.75, 3.05) is 13.2 Å². The number of hydrogen-bond donors (Lipinski definition) is 1. The van der Waals surface area contributed by atoms with Crippen molar-refractivity contribution in [2.45, 2.75) is 83.5 Å². The molecule has 0 atom stereocenters. The van der Waals surface area contributed by atoms with E-state index in [1.54, 1.807) is 6.08 Å². The number of amidine groups is 2. The number of thioether (sulfide) groups is 1. The van der Waals surface area contributed by atoms with Gasteiger partial charge >= 0.3 is 0 Å². The van der Waals surface area contributed by atoms with Crippen molar-refractivity contribution in [1.29, 1.82) is 5.41 Å². The zero-order chi connectivity index (χ0) is 28.4. The Bertz CT molecular complexity index is 1310. The third-order valence-electron chi connectivity index (χ3n) is 7.74. The molecule has 41 heavy (non-hydrogen) atoms. The van der Waals surface area contributed by atoms with Crippen molar-refractivity contribution in [1.82, 2.24) is 5.01 Å². The van der Waals surface area contributed by atoms with Crippen LogP contribution in [0.1, 0.15) is 94.6 Å². The summed E-state index contributed by atoms with van der Waals surface area (Å²) in [6, 6.07) is 16.0. The molecule has 1 amide bonds. The van der Waals surface area contributed by atoms with Gasteiger partial charge in [-0.25, -0.2) is 0 Å². The van der Waals surface area contributed by atoms with Crippen LogP contribution in [0, 0.1) is 5.41 Å². The van der Waals surface area contributed by atoms with Crippen molar-refractivity contribution in [3.8, 4) is 11.5 Å². The maximum Gasteiger partial charge on any atom is 0.283 e. The number of carbonyl (C=O) groups is 1. The number of carbonyl (C=O) groups excluding carboxylic acids is 1. The third-order valence-corrected chi connectivity index (χ3v) is 8.71. The zero-order valence-corrected chi connectivity index (χ0v) is 24.8. The normalized spacial score (nSPS) is 18.4. The van der Waals surface area contributed by atoms with E-state index < -0.39 is 5.91 Å². The van der Waals surface area contributed by atoms with Crippen LogP contribution in [0.15, 0.2) is 64.2 Å². The van der Waals surface area contributed by atoms with E-state index in [0.717, 1.165) is 29.2 Å². The standard InChI is InChI=1S/C33H40N4O3S/c1-2-3-4-5-9-15-30-36-37-31(34)29(32(38)35-33(37)41-30)23-24-11-10-14-28(22-24)40-21-20-39-27-18-16-26(17-19-27)25-12-7-6-8-13-25/h10-11,14,16-19,22-23,25,34H,2-9,12-13,15,20-21H2,1H3/b29-23-,34-31?. The van der Waals surface area contributed by atoms with E-state index in [1.165, 1.54) is 80.1 Å². The van der Waals surface area contributed by atoms with Gasteiger partial charge in [-0.3, -0.25) is 10.2 Å². The van der Waals surface area contributed by atoms with Crippen LogP contribution in [-0.4, -0.2) is 40.2 Å². The van der Waals surface area contributed by atoms with Gasteiger partial charge in [-0.1, -0.05) is 76.1 Å². The van der Waals surface area contributed by atoms with Crippen molar-refractivity contribution in [2.24, 2.45) is 10.1 Å². The molecule has 1 saturated carbocycles. The summed E-state index contributed by atoms with van der Waals surface area (Å²) in [7, 11) is 0. The zero-order valence-electron chi connectivity index (χ0n) is 23.9. The van der Waals surface area contributed by atoms with Gasteiger partial charge in [0.2, 0.25) is 5.17 Å². The Kier molecular flexibility index (Phi) is 10.3. The van der Waals surface area contributed by atoms with Crippen molar-refractivity contribution in [3.63, 3.8) is 0 Å². The van der Waals surface area contributed by atoms with Crippen LogP contribution >= 0.6 is 11.8 Å². The van der Waals surface area contributed by atoms with Crippen LogP contribution in [0.4, 0.5) is 0 Å². The van der Waals surface area contributed by atoms with Gasteiger partial charge in [0.1, 0.15) is 29.8 Å². The second-order valence-electron chi connectivity index (χ2n) is 10.9. The molecule has 0 saturated heterocycles. The topological polar surface area (TPSA) is 87.3 Å². The number of unbranched alkanes of at least 4 members (excludes halogenated alkanes) is 4. The molecular weight excluding hydrogens is 532 g/mol. The first-order valence-electron chi connectivity index (χ1n) is 15.1. The minimum absolute atomic E-state index is 0.0581. The molecule has 3 aliphatic rings. The summed E-state index contributed by atoms with van der Waals surface area (Å²) in [6.07, 6.45) is 15.1. The fourth-order valence-corrected chi connectivity index (χ4v) is 6.39. The largest absolute Gasteiger partial charge is 0.490 e. The number of hydrogen-bond acceptors (Lipinski definition) is 6. The molecule has 2 heterocycles. The molecule has 1 N–H and O–H groups in total. The quantitative estimate of drug-likeness (QED) is 0.193. The highest BCUT2D eigenvalue weighted by atomic mass is 32.2. The Labute approximate surface area is 247 Å². The van der Waals surface area contributed by atoms with Gasteiger partial charge in [-0.2, -0.15) is 15.1 Å². The summed E-state index contributed by atoms with van der Waals surface area (Å²) >= 11 is 1.40. The van der Waals surface area contributed by atoms with Crippen molar-refractivity contribution >= 4 is 39.8 Å². The van der Waals surface area contributed by atoms with Crippen LogP contribution in [0.3, 0.4) is 0 Å². The van der Waals surface area contributed by atoms with Gasteiger partial charge in [0, 0.05) is 0 Å². The molecule has 2 aromatic carbocycles. The number of nitrogens with one attached hydrogen (secondary N) is 1. The highest BCUT2D eigenvalue weighted by Crippen LogP contribution is 2.33. The second-order valence-corrected chi connectivity index (χ2v) is 11.9. The van der Waals surface area contributed by atoms with Crippen LogP contribution in [-0.2, 0) is 4.79 Å². The molecule has 8 heteroatoms. The number of hydrazone groups is 1. The summed E-state index contributed by atoms with van der Waals surface area (Å²) in [5.41, 5.74) is 2.40. The second kappa shape index (κ2) is 14.5. The van der Waals surface area contributed by atoms with Crippen LogP contribution in [0.25, 0.3) is 6.08 Å². The van der Waals surface area contributed by atoms with Crippen LogP contribution in [0.5, 0.6) is 11.5 Å². The summed E-state index contributed by atoms with van der Waals surface area (Å²) in [4.78, 5) is 17.0. The molecule has 0 unspecified atom stereocenters. The Hall–Kier alpha value is -3.39. The number of fused-ring (bicyclic) bond motifs is 1. The molecule has 0 bridgehead atoms. The SMILES string of the molecule is CCCCCCCC1=NN2C(=N)/C(=C/c3cccc(OCCOc4ccc(C5CCCCC5)cc4)c3)C(=O)N=C2S1. The molecule has 2 aromatic rings. The smallest absolute Gasteiger partial charge is 0.283 e. The monoisotopic (exact) mass is 572 g/mol. The lowest BCUT2D eigenvalue weighted by molar-refractivity contribution is -0.114. The Morgan fingerprint density at radius 1 is 0.976 bits per heavy atom. The molecule has 7 nitrogen and oxygen atoms in total. The van der Waals surface area contributed by atoms with E-state index >= 15 is 0 Å². The molecule has 1 fully saturated rings. The number of ether oxygens (including phenoxy) is 2. The molecule has 0 aromatic heterocycles. The van der Waals surface area contributed by atoms with E-state index in [-0.39, 0.29) is 11.4 Å². The van der Waals surface area contributed by atoms with E-state index in [1.807, 2.05) is 24.3 Å². The van der Waals surface area contributed by atoms with Gasteiger partial charge < -0.3 is 9.47 Å². The first-order valence-corrected chi connectivity index (χ1v) is 15.9. The maximum atomic E-state index is 12.8. The van der Waals surface area contributed by atoms with Crippen LogP contribution < -0.4 is 9.47 Å². The van der Waals surface area contributed by atoms with Gasteiger partial charge in [0.25, 0.3) is 5.91 Å². The van der Waals surface area contributed by atoms with E-state index in [0.29, 0.717) is 30.0 Å². The number of benzene rings is 2. The minimum Gasteiger partial charge on any atom is -0.490 e. The molecule has 2 aliphatic heterocycles. The predicted molar refractivity (Wildman–Crippen MR) is 168 cm³/mol. The molecule has 1 aliphatic carbocycles. The fraction of sp³-hybridized carbons (Fsp3) is 0.455. The maximum absolute atomic E-state index is 12.8. The van der Waals surface area contributed by atoms with Gasteiger partial charge in [0.15, 0.2) is 5.84 Å². The molecule has 216 valence electrons. The summed E-state index contributed by atoms with van der Waals surface area (Å²) in [5.74, 6) is 1.86. The summed E-state index contributed by atoms with van der Waals surface area (Å²) < 4.78 is 11.8. The summed E-state index contributed by atoms with van der Waals surface area (Å²) in [5, 5.41) is 16.1. The van der Waals surface area contributed by atoms with E-state index in [9.17, 15) is 4.79 Å². The van der Waals surface area contributed by atoms with E-state index in [2.05, 4.69) is 41.3 Å². The molecule has 0 spiro atoms. The molecular formula is C33H40N4O3S. The number of aliphatic imine (C=N–C) groups is 1. The van der Waals surface area contributed by atoms with Gasteiger partial charge in [-0.05, 0) is 84.8 Å². The van der Waals surface area contributed by atoms with Crippen LogP contribution in [0.2, 0.25) is 0 Å². The lowest BCUT2D eigenvalue weighted by Crippen LogP contribution is -2.35. The first kappa shape index (κ1) is 29.1. The van der Waals surface area contributed by atoms with Gasteiger partial charge in [0.05, 0.1) is 5.57 Å². The van der Waals surface area contributed by atoms with Crippen molar-refractivity contribution < 1.29 is 14.3 Å². The highest BCUT2D eigenvalue weighted by molar-refractivity contribution is 8.26. The fourth-order valence-electron chi connectivity index (χ4n) is 5.46. The number of amides is 1. The number of nitrogens with zero attached hydrogens (tertiary/aromatic N) is 3. The third kappa shape index (κ3) is 7.88. The average Bonchev–Trinajstić information content (AvgIpc) is 3.41. The Morgan fingerprint density at radius 2 is 1.73 bits per heavy atom. The minimum atomic E-state index is -0.414.